The molecule has 0 aromatic heterocycles. The first-order valence-electron chi connectivity index (χ1n) is 6.90. The molecular weight excluding hydrogens is 304 g/mol. The van der Waals surface area contributed by atoms with Crippen molar-refractivity contribution < 1.29 is 4.74 Å². The first-order valence-corrected chi connectivity index (χ1v) is 7.69. The lowest BCUT2D eigenvalue weighted by molar-refractivity contribution is 0.0819. The molecule has 0 saturated carbocycles. The number of benzene rings is 1. The Kier molecular flexibility index (Phi) is 5.25. The van der Waals surface area contributed by atoms with Crippen molar-refractivity contribution in [3.05, 3.63) is 28.2 Å². The minimum absolute atomic E-state index is 0.364. The van der Waals surface area contributed by atoms with Gasteiger partial charge in [0.1, 0.15) is 0 Å². The van der Waals surface area contributed by atoms with Gasteiger partial charge >= 0.3 is 0 Å². The van der Waals surface area contributed by atoms with Gasteiger partial charge in [0.25, 0.3) is 0 Å². The summed E-state index contributed by atoms with van der Waals surface area (Å²) >= 11 is 3.69. The van der Waals surface area contributed by atoms with Crippen LogP contribution in [0.3, 0.4) is 0 Å². The van der Waals surface area contributed by atoms with Crippen LogP contribution in [0, 0.1) is 0 Å². The summed E-state index contributed by atoms with van der Waals surface area (Å²) in [6.45, 7) is 4.32. The molecule has 1 fully saturated rings. The molecule has 106 valence electrons. The Labute approximate surface area is 124 Å². The molecule has 1 heterocycles. The maximum absolute atomic E-state index is 5.42. The lowest BCUT2D eigenvalue weighted by Crippen LogP contribution is -2.36. The molecule has 3 nitrogen and oxygen atoms in total. The van der Waals surface area contributed by atoms with Gasteiger partial charge in [-0.25, -0.2) is 0 Å². The summed E-state index contributed by atoms with van der Waals surface area (Å²) in [4.78, 5) is 2.44. The van der Waals surface area contributed by atoms with Crippen LogP contribution in [0.1, 0.15) is 31.4 Å². The fourth-order valence-electron chi connectivity index (χ4n) is 2.57. The number of piperidine rings is 1. The highest BCUT2D eigenvalue weighted by atomic mass is 79.9. The molecule has 1 aromatic rings. The molecule has 1 aliphatic rings. The molecule has 0 aliphatic carbocycles. The number of anilines is 1. The van der Waals surface area contributed by atoms with Gasteiger partial charge in [0.05, 0.1) is 6.10 Å². The molecule has 1 atom stereocenters. The predicted molar refractivity (Wildman–Crippen MR) is 83.9 cm³/mol. The molecule has 0 bridgehead atoms. The Bertz CT molecular complexity index is 417. The van der Waals surface area contributed by atoms with E-state index in [1.807, 2.05) is 14.2 Å². The van der Waals surface area contributed by atoms with Crippen molar-refractivity contribution >= 4 is 21.6 Å². The highest BCUT2D eigenvalue weighted by molar-refractivity contribution is 9.10. The maximum atomic E-state index is 5.42. The summed E-state index contributed by atoms with van der Waals surface area (Å²) in [7, 11) is 3.80. The molecule has 1 N–H and O–H groups in total. The first-order chi connectivity index (χ1) is 9.15. The topological polar surface area (TPSA) is 24.5 Å². The van der Waals surface area contributed by atoms with E-state index in [2.05, 4.69) is 51.3 Å². The number of ether oxygens (including phenoxy) is 1. The number of halogens is 1. The zero-order valence-electron chi connectivity index (χ0n) is 11.9. The van der Waals surface area contributed by atoms with E-state index in [-0.39, 0.29) is 0 Å². The van der Waals surface area contributed by atoms with E-state index in [9.17, 15) is 0 Å². The van der Waals surface area contributed by atoms with Gasteiger partial charge in [-0.2, -0.15) is 0 Å². The number of methoxy groups -OCH3 is 1. The minimum atomic E-state index is 0.364. The number of nitrogens with one attached hydrogen (secondary N) is 1. The molecule has 1 aliphatic heterocycles. The van der Waals surface area contributed by atoms with Crippen molar-refractivity contribution in [1.82, 2.24) is 5.32 Å². The van der Waals surface area contributed by atoms with E-state index in [0.29, 0.717) is 12.1 Å². The normalized spacial score (nSPS) is 18.6. The van der Waals surface area contributed by atoms with E-state index < -0.39 is 0 Å². The lowest BCUT2D eigenvalue weighted by Gasteiger charge is -2.33. The van der Waals surface area contributed by atoms with Gasteiger partial charge < -0.3 is 15.0 Å². The van der Waals surface area contributed by atoms with E-state index in [1.165, 1.54) is 15.7 Å². The second-order valence-electron chi connectivity index (χ2n) is 5.14. The number of hydrogen-bond acceptors (Lipinski definition) is 3. The summed E-state index contributed by atoms with van der Waals surface area (Å²) in [5.41, 5.74) is 2.60. The maximum Gasteiger partial charge on any atom is 0.0605 e. The molecule has 19 heavy (non-hydrogen) atoms. The third-order valence-electron chi connectivity index (χ3n) is 4.02. The van der Waals surface area contributed by atoms with Crippen LogP contribution in [0.2, 0.25) is 0 Å². The smallest absolute Gasteiger partial charge is 0.0605 e. The third-order valence-corrected chi connectivity index (χ3v) is 4.71. The van der Waals surface area contributed by atoms with Crippen LogP contribution < -0.4 is 10.2 Å². The number of nitrogens with zero attached hydrogens (tertiary/aromatic N) is 1. The minimum Gasteiger partial charge on any atom is -0.381 e. The monoisotopic (exact) mass is 326 g/mol. The second kappa shape index (κ2) is 6.73. The molecule has 0 radical (unpaired) electrons. The van der Waals surface area contributed by atoms with Gasteiger partial charge in [-0.3, -0.25) is 0 Å². The molecule has 1 unspecified atom stereocenters. The molecule has 4 heteroatoms. The second-order valence-corrected chi connectivity index (χ2v) is 5.99. The summed E-state index contributed by atoms with van der Waals surface area (Å²) in [5.74, 6) is 0. The van der Waals surface area contributed by atoms with Crippen molar-refractivity contribution in [3.8, 4) is 0 Å². The average Bonchev–Trinajstić information content (AvgIpc) is 2.46. The number of rotatable bonds is 4. The van der Waals surface area contributed by atoms with Crippen molar-refractivity contribution in [2.24, 2.45) is 0 Å². The van der Waals surface area contributed by atoms with E-state index >= 15 is 0 Å². The summed E-state index contributed by atoms with van der Waals surface area (Å²) in [5, 5.41) is 3.27. The fourth-order valence-corrected chi connectivity index (χ4v) is 3.28. The van der Waals surface area contributed by atoms with E-state index in [1.54, 1.807) is 0 Å². The van der Waals surface area contributed by atoms with Gasteiger partial charge in [0.15, 0.2) is 0 Å². The Balaban J connectivity index is 2.08. The lowest BCUT2D eigenvalue weighted by atomic mass is 10.0. The summed E-state index contributed by atoms with van der Waals surface area (Å²) in [6.07, 6.45) is 2.66. The van der Waals surface area contributed by atoms with Gasteiger partial charge in [0.2, 0.25) is 0 Å². The molecular formula is C15H23BrN2O. The Morgan fingerprint density at radius 3 is 2.58 bits per heavy atom. The Morgan fingerprint density at radius 1 is 1.37 bits per heavy atom. The average molecular weight is 327 g/mol. The van der Waals surface area contributed by atoms with Gasteiger partial charge in [-0.1, -0.05) is 22.0 Å². The third kappa shape index (κ3) is 3.50. The highest BCUT2D eigenvalue weighted by Crippen LogP contribution is 2.29. The van der Waals surface area contributed by atoms with Gasteiger partial charge in [0, 0.05) is 36.4 Å². The summed E-state index contributed by atoms with van der Waals surface area (Å²) in [6, 6.07) is 7.03. The zero-order chi connectivity index (χ0) is 13.8. The van der Waals surface area contributed by atoms with Crippen LogP contribution >= 0.6 is 15.9 Å². The van der Waals surface area contributed by atoms with E-state index in [0.717, 1.165) is 25.9 Å². The first kappa shape index (κ1) is 14.8. The summed E-state index contributed by atoms with van der Waals surface area (Å²) < 4.78 is 6.60. The van der Waals surface area contributed by atoms with Gasteiger partial charge in [-0.05, 0) is 44.5 Å². The predicted octanol–water partition coefficient (Wildman–Crippen LogP) is 3.34. The van der Waals surface area contributed by atoms with Crippen molar-refractivity contribution in [3.63, 3.8) is 0 Å². The van der Waals surface area contributed by atoms with Crippen LogP contribution in [0.25, 0.3) is 0 Å². The standard InChI is InChI=1S/C15H23BrN2O/c1-11(17-2)14-5-4-12(10-15(14)16)18-8-6-13(19-3)7-9-18/h4-5,10-11,13,17H,6-9H2,1-3H3. The Morgan fingerprint density at radius 2 is 2.05 bits per heavy atom. The fraction of sp³-hybridized carbons (Fsp3) is 0.600. The van der Waals surface area contributed by atoms with Crippen molar-refractivity contribution in [2.75, 3.05) is 32.1 Å². The van der Waals surface area contributed by atoms with Crippen molar-refractivity contribution in [1.29, 1.82) is 0 Å². The molecule has 2 rings (SSSR count). The van der Waals surface area contributed by atoms with Crippen LogP contribution in [0.15, 0.2) is 22.7 Å². The van der Waals surface area contributed by atoms with Crippen LogP contribution in [0.4, 0.5) is 5.69 Å². The van der Waals surface area contributed by atoms with Crippen LogP contribution in [-0.2, 0) is 4.74 Å². The highest BCUT2D eigenvalue weighted by Gasteiger charge is 2.19. The van der Waals surface area contributed by atoms with E-state index in [4.69, 9.17) is 4.74 Å². The quantitative estimate of drug-likeness (QED) is 0.918. The number of hydrogen-bond donors (Lipinski definition) is 1. The zero-order valence-corrected chi connectivity index (χ0v) is 13.5. The largest absolute Gasteiger partial charge is 0.381 e. The van der Waals surface area contributed by atoms with Crippen molar-refractivity contribution in [2.45, 2.75) is 31.9 Å². The van der Waals surface area contributed by atoms with Crippen LogP contribution in [-0.4, -0.2) is 33.4 Å². The molecule has 1 saturated heterocycles. The Hall–Kier alpha value is -0.580. The SMILES string of the molecule is CNC(C)c1ccc(N2CCC(OC)CC2)cc1Br. The molecule has 0 spiro atoms. The van der Waals surface area contributed by atoms with Gasteiger partial charge in [-0.15, -0.1) is 0 Å². The molecule has 0 amide bonds. The van der Waals surface area contributed by atoms with Crippen LogP contribution in [0.5, 0.6) is 0 Å². The molecule has 1 aromatic carbocycles.